The largest absolute Gasteiger partial charge is 0.274 e. The van der Waals surface area contributed by atoms with Crippen LogP contribution >= 0.6 is 0 Å². The van der Waals surface area contributed by atoms with Gasteiger partial charge in [0.1, 0.15) is 0 Å². The van der Waals surface area contributed by atoms with Gasteiger partial charge in [0.05, 0.1) is 23.2 Å². The summed E-state index contributed by atoms with van der Waals surface area (Å²) in [6, 6.07) is 8.52. The van der Waals surface area contributed by atoms with E-state index in [1.807, 2.05) is 13.8 Å². The van der Waals surface area contributed by atoms with Crippen LogP contribution < -0.4 is 9.80 Å². The van der Waals surface area contributed by atoms with Gasteiger partial charge >= 0.3 is 0 Å². The van der Waals surface area contributed by atoms with Crippen LogP contribution in [0.15, 0.2) is 48.6 Å². The summed E-state index contributed by atoms with van der Waals surface area (Å²) in [6.07, 6.45) is 11.4. The normalized spacial score (nSPS) is 24.8. The smallest absolute Gasteiger partial charge is 0.258 e. The van der Waals surface area contributed by atoms with Crippen molar-refractivity contribution in [1.82, 2.24) is 0 Å². The lowest BCUT2D eigenvalue weighted by atomic mass is 9.85. The quantitative estimate of drug-likeness (QED) is 0.340. The van der Waals surface area contributed by atoms with Gasteiger partial charge in [-0.05, 0) is 83.7 Å². The number of rotatable bonds is 8. The molecule has 6 nitrogen and oxygen atoms in total. The number of hydrogen-bond donors (Lipinski definition) is 0. The van der Waals surface area contributed by atoms with E-state index in [4.69, 9.17) is 0 Å². The van der Waals surface area contributed by atoms with Crippen molar-refractivity contribution in [2.75, 3.05) is 9.80 Å². The number of hydrogen-bond acceptors (Lipinski definition) is 4. The molecule has 4 aliphatic rings. The maximum absolute atomic E-state index is 13.6. The maximum Gasteiger partial charge on any atom is 0.258 e. The summed E-state index contributed by atoms with van der Waals surface area (Å²) in [5.74, 6) is -0.680. The minimum atomic E-state index is -0.295. The second-order valence-corrected chi connectivity index (χ2v) is 11.5. The van der Waals surface area contributed by atoms with E-state index in [2.05, 4.69) is 50.3 Å². The van der Waals surface area contributed by atoms with Crippen molar-refractivity contribution >= 4 is 35.0 Å². The highest BCUT2D eigenvalue weighted by atomic mass is 16.2. The van der Waals surface area contributed by atoms with Gasteiger partial charge in [-0.1, -0.05) is 64.1 Å². The molecule has 2 aromatic carbocycles. The monoisotopic (exact) mass is 536 g/mol. The number of anilines is 2. The molecule has 2 fully saturated rings. The zero-order valence-corrected chi connectivity index (χ0v) is 23.7. The van der Waals surface area contributed by atoms with Crippen LogP contribution in [-0.2, 0) is 51.3 Å². The second-order valence-electron chi connectivity index (χ2n) is 11.5. The molecule has 4 amide bonds. The predicted molar refractivity (Wildman–Crippen MR) is 155 cm³/mol. The Kier molecular flexibility index (Phi) is 6.60. The summed E-state index contributed by atoms with van der Waals surface area (Å²) in [7, 11) is 0. The third-order valence-corrected chi connectivity index (χ3v) is 9.31. The molecule has 0 aromatic heterocycles. The third kappa shape index (κ3) is 3.91. The Hall–Kier alpha value is -3.80. The average molecular weight is 537 g/mol. The highest BCUT2D eigenvalue weighted by Gasteiger charge is 2.60. The van der Waals surface area contributed by atoms with E-state index in [1.165, 1.54) is 22.0 Å². The molecule has 206 valence electrons. The van der Waals surface area contributed by atoms with Gasteiger partial charge in [0.25, 0.3) is 11.8 Å². The van der Waals surface area contributed by atoms with Gasteiger partial charge in [-0.25, -0.2) is 9.80 Å². The molecule has 6 rings (SSSR count). The van der Waals surface area contributed by atoms with Crippen LogP contribution in [0.5, 0.6) is 0 Å². The molecule has 4 atom stereocenters. The van der Waals surface area contributed by atoms with Crippen molar-refractivity contribution in [3.63, 3.8) is 0 Å². The van der Waals surface area contributed by atoms with Crippen molar-refractivity contribution in [2.45, 2.75) is 66.2 Å². The zero-order valence-electron chi connectivity index (χ0n) is 23.7. The average Bonchev–Trinajstić information content (AvgIpc) is 3.72. The first-order chi connectivity index (χ1) is 19.3. The molecule has 6 heteroatoms. The number of allylic oxidation sites excluding steroid dienone is 2. The van der Waals surface area contributed by atoms with Crippen molar-refractivity contribution < 1.29 is 19.2 Å². The highest BCUT2D eigenvalue weighted by molar-refractivity contribution is 6.28. The Morgan fingerprint density at radius 1 is 0.600 bits per heavy atom. The molecule has 4 unspecified atom stereocenters. The van der Waals surface area contributed by atoms with E-state index in [1.54, 1.807) is 0 Å². The fourth-order valence-electron chi connectivity index (χ4n) is 7.50. The van der Waals surface area contributed by atoms with Crippen LogP contribution in [0.25, 0.3) is 0 Å². The first-order valence-corrected chi connectivity index (χ1v) is 14.7. The Labute approximate surface area is 235 Å². The molecule has 1 saturated heterocycles. The minimum Gasteiger partial charge on any atom is -0.274 e. The lowest BCUT2D eigenvalue weighted by Gasteiger charge is -2.25. The minimum absolute atomic E-state index is 0.0275. The van der Waals surface area contributed by atoms with E-state index in [0.29, 0.717) is 24.9 Å². The van der Waals surface area contributed by atoms with Crippen LogP contribution in [0.3, 0.4) is 0 Å². The molecule has 2 aliphatic heterocycles. The first-order valence-electron chi connectivity index (χ1n) is 14.7. The predicted octanol–water partition coefficient (Wildman–Crippen LogP) is 5.27. The van der Waals surface area contributed by atoms with Gasteiger partial charge in [-0.15, -0.1) is 0 Å². The lowest BCUT2D eigenvalue weighted by molar-refractivity contribution is -0.123. The third-order valence-electron chi connectivity index (χ3n) is 9.31. The van der Waals surface area contributed by atoms with Crippen molar-refractivity contribution in [1.29, 1.82) is 0 Å². The van der Waals surface area contributed by atoms with E-state index in [-0.39, 0.29) is 47.3 Å². The van der Waals surface area contributed by atoms with E-state index >= 15 is 0 Å². The standard InChI is InChI=1S/C34H36N2O4/c1-5-21-14-19(15-22(6-2)31(21)35-27(37)11-12-28(35)38)13-20-16-23(7-3)32(24(8-4)17-20)36-33(39)29-25-9-10-26(18-25)30(29)34(36)40/h9-12,14-17,25-26,29-30H,5-8,13,18H2,1-4H3. The maximum atomic E-state index is 13.6. The SMILES string of the molecule is CCc1cc(Cc2cc(CC)c(N3C(=O)C4C5C=CC(C5)C4C3=O)c(CC)c2)cc(CC)c1N1C(=O)C=CC1=O. The molecule has 40 heavy (non-hydrogen) atoms. The summed E-state index contributed by atoms with van der Waals surface area (Å²) in [5.41, 5.74) is 7.77. The molecule has 2 heterocycles. The van der Waals surface area contributed by atoms with Gasteiger partial charge in [0.15, 0.2) is 0 Å². The van der Waals surface area contributed by atoms with Gasteiger partial charge in [0, 0.05) is 12.2 Å². The molecule has 1 saturated carbocycles. The number of benzene rings is 2. The molecule has 0 radical (unpaired) electrons. The molecule has 2 bridgehead atoms. The number of carbonyl (C=O) groups excluding carboxylic acids is 4. The van der Waals surface area contributed by atoms with Crippen LogP contribution in [0.2, 0.25) is 0 Å². The van der Waals surface area contributed by atoms with Crippen molar-refractivity contribution in [3.05, 3.63) is 82.0 Å². The van der Waals surface area contributed by atoms with Crippen LogP contribution in [-0.4, -0.2) is 23.6 Å². The molecule has 2 aromatic rings. The van der Waals surface area contributed by atoms with Crippen LogP contribution in [0.1, 0.15) is 67.5 Å². The van der Waals surface area contributed by atoms with Gasteiger partial charge in [-0.3, -0.25) is 19.2 Å². The number of amides is 4. The molecule has 0 N–H and O–H groups in total. The Balaban J connectivity index is 1.36. The van der Waals surface area contributed by atoms with Gasteiger partial charge in [0.2, 0.25) is 11.8 Å². The van der Waals surface area contributed by atoms with Gasteiger partial charge in [-0.2, -0.15) is 0 Å². The van der Waals surface area contributed by atoms with Crippen molar-refractivity contribution in [3.8, 4) is 0 Å². The summed E-state index contributed by atoms with van der Waals surface area (Å²) in [6.45, 7) is 8.24. The molecular weight excluding hydrogens is 500 g/mol. The van der Waals surface area contributed by atoms with E-state index in [0.717, 1.165) is 58.3 Å². The Morgan fingerprint density at radius 3 is 1.35 bits per heavy atom. The van der Waals surface area contributed by atoms with Gasteiger partial charge < -0.3 is 0 Å². The van der Waals surface area contributed by atoms with E-state index in [9.17, 15) is 19.2 Å². The number of nitrogens with zero attached hydrogens (tertiary/aromatic N) is 2. The molecule has 0 spiro atoms. The fraction of sp³-hybridized carbons (Fsp3) is 0.412. The summed E-state index contributed by atoms with van der Waals surface area (Å²) in [4.78, 5) is 55.1. The zero-order chi connectivity index (χ0) is 28.3. The number of carbonyl (C=O) groups is 4. The van der Waals surface area contributed by atoms with Crippen molar-refractivity contribution in [2.24, 2.45) is 23.7 Å². The summed E-state index contributed by atoms with van der Waals surface area (Å²) < 4.78 is 0. The van der Waals surface area contributed by atoms with E-state index < -0.39 is 0 Å². The van der Waals surface area contributed by atoms with Crippen LogP contribution in [0.4, 0.5) is 11.4 Å². The number of imide groups is 2. The molecule has 2 aliphatic carbocycles. The highest BCUT2D eigenvalue weighted by Crippen LogP contribution is 2.54. The fourth-order valence-corrected chi connectivity index (χ4v) is 7.50. The summed E-state index contributed by atoms with van der Waals surface area (Å²) >= 11 is 0. The number of fused-ring (bicyclic) bond motifs is 5. The summed E-state index contributed by atoms with van der Waals surface area (Å²) in [5, 5.41) is 0. The topological polar surface area (TPSA) is 74.8 Å². The second kappa shape index (κ2) is 9.99. The Morgan fingerprint density at radius 2 is 0.975 bits per heavy atom. The lowest BCUT2D eigenvalue weighted by Crippen LogP contribution is -2.34. The number of aryl methyl sites for hydroxylation is 4. The Bertz CT molecular complexity index is 1420. The molecular formula is C34H36N2O4. The first kappa shape index (κ1) is 26.4. The van der Waals surface area contributed by atoms with Crippen LogP contribution in [0, 0.1) is 23.7 Å².